The van der Waals surface area contributed by atoms with E-state index < -0.39 is 15.9 Å². The van der Waals surface area contributed by atoms with Crippen LogP contribution in [-0.2, 0) is 10.0 Å². The van der Waals surface area contributed by atoms with Gasteiger partial charge in [-0.3, -0.25) is 4.79 Å². The van der Waals surface area contributed by atoms with Crippen LogP contribution in [0.3, 0.4) is 0 Å². The topological polar surface area (TPSA) is 99.1 Å². The van der Waals surface area contributed by atoms with Gasteiger partial charge in [0.25, 0.3) is 5.91 Å². The van der Waals surface area contributed by atoms with Crippen molar-refractivity contribution in [1.29, 1.82) is 5.26 Å². The van der Waals surface area contributed by atoms with Crippen LogP contribution in [0.2, 0.25) is 5.02 Å². The zero-order valence-electron chi connectivity index (χ0n) is 14.1. The lowest BCUT2D eigenvalue weighted by Gasteiger charge is -2.15. The Labute approximate surface area is 157 Å². The number of rotatable bonds is 7. The molecule has 0 unspecified atom stereocenters. The van der Waals surface area contributed by atoms with Crippen molar-refractivity contribution in [2.75, 3.05) is 6.54 Å². The summed E-state index contributed by atoms with van der Waals surface area (Å²) < 4.78 is 26.7. The summed E-state index contributed by atoms with van der Waals surface area (Å²) in [5.41, 5.74) is 1.06. The van der Waals surface area contributed by atoms with Crippen LogP contribution in [0.15, 0.2) is 53.4 Å². The van der Waals surface area contributed by atoms with Gasteiger partial charge in [-0.25, -0.2) is 13.1 Å². The van der Waals surface area contributed by atoms with Crippen molar-refractivity contribution in [2.24, 2.45) is 0 Å². The number of sulfonamides is 1. The SMILES string of the molecule is C[C@H](NC(=O)c1cccc(S(=O)(=O)NCCC#N)c1)c1cccc(Cl)c1. The van der Waals surface area contributed by atoms with Gasteiger partial charge < -0.3 is 5.32 Å². The first kappa shape index (κ1) is 19.9. The fourth-order valence-corrected chi connectivity index (χ4v) is 3.54. The lowest BCUT2D eigenvalue weighted by molar-refractivity contribution is 0.0939. The lowest BCUT2D eigenvalue weighted by atomic mass is 10.1. The second-order valence-electron chi connectivity index (χ2n) is 5.58. The van der Waals surface area contributed by atoms with E-state index in [2.05, 4.69) is 10.0 Å². The van der Waals surface area contributed by atoms with Crippen molar-refractivity contribution < 1.29 is 13.2 Å². The molecule has 0 spiro atoms. The predicted molar refractivity (Wildman–Crippen MR) is 99.2 cm³/mol. The Kier molecular flexibility index (Phi) is 6.75. The summed E-state index contributed by atoms with van der Waals surface area (Å²) in [6, 6.07) is 14.4. The van der Waals surface area contributed by atoms with Gasteiger partial charge in [0.1, 0.15) is 0 Å². The number of nitrogens with one attached hydrogen (secondary N) is 2. The molecule has 1 amide bonds. The van der Waals surface area contributed by atoms with Crippen LogP contribution in [0.5, 0.6) is 0 Å². The number of halogens is 1. The fourth-order valence-electron chi connectivity index (χ4n) is 2.27. The maximum absolute atomic E-state index is 12.5. The number of nitrogens with zero attached hydrogens (tertiary/aromatic N) is 1. The summed E-state index contributed by atoms with van der Waals surface area (Å²) in [5, 5.41) is 11.9. The molecule has 0 fully saturated rings. The molecule has 136 valence electrons. The fraction of sp³-hybridized carbons (Fsp3) is 0.222. The van der Waals surface area contributed by atoms with Crippen LogP contribution >= 0.6 is 11.6 Å². The number of nitriles is 1. The molecule has 0 aliphatic carbocycles. The van der Waals surface area contributed by atoms with Gasteiger partial charge in [-0.15, -0.1) is 0 Å². The van der Waals surface area contributed by atoms with Gasteiger partial charge in [0.15, 0.2) is 0 Å². The highest BCUT2D eigenvalue weighted by Gasteiger charge is 2.17. The summed E-state index contributed by atoms with van der Waals surface area (Å²) >= 11 is 5.96. The van der Waals surface area contributed by atoms with Crippen molar-refractivity contribution in [1.82, 2.24) is 10.0 Å². The molecule has 0 bridgehead atoms. The normalized spacial score (nSPS) is 12.2. The molecular formula is C18H18ClN3O3S. The summed E-state index contributed by atoms with van der Waals surface area (Å²) in [6.07, 6.45) is 0.0660. The second-order valence-corrected chi connectivity index (χ2v) is 7.79. The van der Waals surface area contributed by atoms with Gasteiger partial charge in [0.2, 0.25) is 10.0 Å². The van der Waals surface area contributed by atoms with Crippen molar-refractivity contribution >= 4 is 27.5 Å². The van der Waals surface area contributed by atoms with Crippen molar-refractivity contribution in [3.8, 4) is 6.07 Å². The number of amides is 1. The van der Waals surface area contributed by atoms with Crippen LogP contribution in [0.1, 0.15) is 35.3 Å². The Bertz CT molecular complexity index is 939. The van der Waals surface area contributed by atoms with Gasteiger partial charge in [-0.05, 0) is 42.8 Å². The van der Waals surface area contributed by atoms with Crippen LogP contribution < -0.4 is 10.0 Å². The van der Waals surface area contributed by atoms with E-state index in [1.165, 1.54) is 24.3 Å². The molecule has 6 nitrogen and oxygen atoms in total. The highest BCUT2D eigenvalue weighted by Crippen LogP contribution is 2.18. The Balaban J connectivity index is 2.14. The number of carbonyl (C=O) groups excluding carboxylic acids is 1. The first-order chi connectivity index (χ1) is 12.3. The zero-order valence-corrected chi connectivity index (χ0v) is 15.6. The molecule has 2 rings (SSSR count). The smallest absolute Gasteiger partial charge is 0.251 e. The molecule has 0 heterocycles. The van der Waals surface area contributed by atoms with Crippen LogP contribution in [0.25, 0.3) is 0 Å². The van der Waals surface area contributed by atoms with E-state index in [9.17, 15) is 13.2 Å². The van der Waals surface area contributed by atoms with Crippen molar-refractivity contribution in [3.05, 3.63) is 64.7 Å². The minimum absolute atomic E-state index is 0.0149. The van der Waals surface area contributed by atoms with E-state index >= 15 is 0 Å². The quantitative estimate of drug-likeness (QED) is 0.708. The van der Waals surface area contributed by atoms with E-state index in [1.807, 2.05) is 19.1 Å². The minimum atomic E-state index is -3.77. The molecule has 0 aromatic heterocycles. The highest BCUT2D eigenvalue weighted by molar-refractivity contribution is 7.89. The first-order valence-corrected chi connectivity index (χ1v) is 9.72. The van der Waals surface area contributed by atoms with Gasteiger partial charge in [-0.2, -0.15) is 5.26 Å². The van der Waals surface area contributed by atoms with Gasteiger partial charge in [0.05, 0.1) is 17.0 Å². The molecule has 2 aromatic rings. The van der Waals surface area contributed by atoms with E-state index in [4.69, 9.17) is 16.9 Å². The molecule has 0 saturated carbocycles. The largest absolute Gasteiger partial charge is 0.346 e. The summed E-state index contributed by atoms with van der Waals surface area (Å²) in [5.74, 6) is -0.397. The Morgan fingerprint density at radius 1 is 1.23 bits per heavy atom. The molecule has 8 heteroatoms. The van der Waals surface area contributed by atoms with Gasteiger partial charge >= 0.3 is 0 Å². The third kappa shape index (κ3) is 5.30. The second kappa shape index (κ2) is 8.81. The van der Waals surface area contributed by atoms with Crippen LogP contribution in [-0.4, -0.2) is 20.9 Å². The molecule has 26 heavy (non-hydrogen) atoms. The summed E-state index contributed by atoms with van der Waals surface area (Å²) in [4.78, 5) is 12.4. The number of carbonyl (C=O) groups is 1. The number of benzene rings is 2. The molecule has 1 atom stereocenters. The zero-order chi connectivity index (χ0) is 19.2. The summed E-state index contributed by atoms with van der Waals surface area (Å²) in [7, 11) is -3.77. The average molecular weight is 392 g/mol. The Hall–Kier alpha value is -2.40. The monoisotopic (exact) mass is 391 g/mol. The maximum atomic E-state index is 12.5. The molecule has 0 aliphatic heterocycles. The van der Waals surface area contributed by atoms with E-state index in [-0.39, 0.29) is 29.5 Å². The Morgan fingerprint density at radius 2 is 1.96 bits per heavy atom. The van der Waals surface area contributed by atoms with E-state index in [1.54, 1.807) is 18.2 Å². The number of hydrogen-bond acceptors (Lipinski definition) is 4. The first-order valence-electron chi connectivity index (χ1n) is 7.86. The van der Waals surface area contributed by atoms with E-state index in [0.29, 0.717) is 5.02 Å². The molecule has 0 radical (unpaired) electrons. The van der Waals surface area contributed by atoms with Crippen molar-refractivity contribution in [2.45, 2.75) is 24.3 Å². The molecule has 0 aliphatic rings. The molecule has 2 N–H and O–H groups in total. The number of hydrogen-bond donors (Lipinski definition) is 2. The summed E-state index contributed by atoms with van der Waals surface area (Å²) in [6.45, 7) is 1.83. The molecular weight excluding hydrogens is 374 g/mol. The van der Waals surface area contributed by atoms with Crippen molar-refractivity contribution in [3.63, 3.8) is 0 Å². The third-order valence-electron chi connectivity index (χ3n) is 3.63. The highest BCUT2D eigenvalue weighted by atomic mass is 35.5. The third-order valence-corrected chi connectivity index (χ3v) is 5.33. The van der Waals surface area contributed by atoms with Crippen LogP contribution in [0.4, 0.5) is 0 Å². The van der Waals surface area contributed by atoms with Crippen LogP contribution in [0, 0.1) is 11.3 Å². The van der Waals surface area contributed by atoms with Gasteiger partial charge in [0, 0.05) is 23.6 Å². The van der Waals surface area contributed by atoms with E-state index in [0.717, 1.165) is 5.56 Å². The Morgan fingerprint density at radius 3 is 2.65 bits per heavy atom. The van der Waals surface area contributed by atoms with Gasteiger partial charge in [-0.1, -0.05) is 29.8 Å². The minimum Gasteiger partial charge on any atom is -0.346 e. The molecule has 0 saturated heterocycles. The standard InChI is InChI=1S/C18H18ClN3O3S/c1-13(14-5-2-7-16(19)11-14)22-18(23)15-6-3-8-17(12-15)26(24,25)21-10-4-9-20/h2-3,5-8,11-13,21H,4,10H2,1H3,(H,22,23)/t13-/m0/s1. The predicted octanol–water partition coefficient (Wildman–Crippen LogP) is 3.02. The average Bonchev–Trinajstić information content (AvgIpc) is 2.62. The molecule has 2 aromatic carbocycles. The lowest BCUT2D eigenvalue weighted by Crippen LogP contribution is -2.28. The maximum Gasteiger partial charge on any atom is 0.251 e.